The summed E-state index contributed by atoms with van der Waals surface area (Å²) in [7, 11) is 0. The summed E-state index contributed by atoms with van der Waals surface area (Å²) >= 11 is 0. The van der Waals surface area contributed by atoms with Gasteiger partial charge in [0.1, 0.15) is 11.6 Å². The molecule has 0 unspecified atom stereocenters. The Morgan fingerprint density at radius 1 is 1.33 bits per heavy atom. The van der Waals surface area contributed by atoms with Gasteiger partial charge in [0.05, 0.1) is 0 Å². The molecule has 0 aliphatic heterocycles. The minimum atomic E-state index is -0.225. The van der Waals surface area contributed by atoms with Crippen molar-refractivity contribution in [2.75, 3.05) is 5.32 Å². The predicted octanol–water partition coefficient (Wildman–Crippen LogP) is 4.85. The maximum atomic E-state index is 13.3. The quantitative estimate of drug-likeness (QED) is 0.661. The maximum Gasteiger partial charge on any atom is 0.130 e. The van der Waals surface area contributed by atoms with E-state index < -0.39 is 0 Å². The Labute approximate surface area is 140 Å². The van der Waals surface area contributed by atoms with E-state index >= 15 is 0 Å². The van der Waals surface area contributed by atoms with Gasteiger partial charge in [0.25, 0.3) is 0 Å². The summed E-state index contributed by atoms with van der Waals surface area (Å²) in [4.78, 5) is 4.45. The highest BCUT2D eigenvalue weighted by Gasteiger charge is 2.26. The van der Waals surface area contributed by atoms with Crippen molar-refractivity contribution in [2.45, 2.75) is 19.8 Å². The molecule has 2 aliphatic rings. The topological polar surface area (TPSA) is 48.8 Å². The van der Waals surface area contributed by atoms with Crippen LogP contribution < -0.4 is 5.32 Å². The molecule has 3 nitrogen and oxygen atoms in total. The number of anilines is 1. The van der Waals surface area contributed by atoms with Gasteiger partial charge < -0.3 is 10.7 Å². The number of aromatic nitrogens is 1. The molecule has 2 aromatic rings. The van der Waals surface area contributed by atoms with E-state index in [0.29, 0.717) is 11.6 Å². The molecule has 1 fully saturated rings. The number of fused-ring (bicyclic) bond motifs is 1. The zero-order valence-corrected chi connectivity index (χ0v) is 13.5. The second-order valence-corrected chi connectivity index (χ2v) is 6.45. The highest BCUT2D eigenvalue weighted by molar-refractivity contribution is 6.10. The number of nitrogens with zero attached hydrogens (tertiary/aromatic N) is 1. The summed E-state index contributed by atoms with van der Waals surface area (Å²) in [5.74, 6) is 1.04. The van der Waals surface area contributed by atoms with Crippen molar-refractivity contribution in [3.63, 3.8) is 0 Å². The van der Waals surface area contributed by atoms with Crippen LogP contribution in [-0.2, 0) is 0 Å². The highest BCUT2D eigenvalue weighted by atomic mass is 19.1. The number of rotatable bonds is 5. The van der Waals surface area contributed by atoms with E-state index in [1.54, 1.807) is 25.3 Å². The first-order valence-corrected chi connectivity index (χ1v) is 8.06. The van der Waals surface area contributed by atoms with E-state index in [0.717, 1.165) is 39.3 Å². The van der Waals surface area contributed by atoms with E-state index in [1.165, 1.54) is 18.9 Å². The van der Waals surface area contributed by atoms with Gasteiger partial charge in [0.2, 0.25) is 0 Å². The Morgan fingerprint density at radius 2 is 2.12 bits per heavy atom. The van der Waals surface area contributed by atoms with Crippen molar-refractivity contribution in [2.24, 2.45) is 5.92 Å². The molecular weight excluding hydrogens is 301 g/mol. The number of halogens is 1. The molecule has 0 amide bonds. The van der Waals surface area contributed by atoms with Crippen LogP contribution in [0.5, 0.6) is 0 Å². The molecule has 4 heteroatoms. The Hall–Kier alpha value is -2.75. The number of nitrogens with one attached hydrogen (secondary N) is 2. The molecule has 0 bridgehead atoms. The van der Waals surface area contributed by atoms with E-state index in [9.17, 15) is 4.39 Å². The fraction of sp³-hybridized carbons (Fsp3) is 0.200. The lowest BCUT2D eigenvalue weighted by Gasteiger charge is -2.11. The SMILES string of the molecule is C=C(Nc1cc(C(C)=N)c(/C=C2\c3ccc(F)cc32)cn1)C1CC1. The van der Waals surface area contributed by atoms with Crippen LogP contribution in [0.15, 0.2) is 42.7 Å². The standard InChI is InChI=1S/C20H18FN3/c1-11(22)17-9-20(24-12(2)13-3-4-13)23-10-14(17)7-18-16-6-5-15(21)8-19(16)18/h5-10,13,22H,2-4H2,1H3,(H,23,24)/b18-7+,22-11?. The average molecular weight is 319 g/mol. The largest absolute Gasteiger partial charge is 0.344 e. The molecule has 2 aliphatic carbocycles. The van der Waals surface area contributed by atoms with Crippen LogP contribution in [-0.4, -0.2) is 10.7 Å². The van der Waals surface area contributed by atoms with Gasteiger partial charge in [-0.3, -0.25) is 0 Å². The fourth-order valence-electron chi connectivity index (χ4n) is 2.90. The Bertz CT molecular complexity index is 907. The van der Waals surface area contributed by atoms with E-state index in [-0.39, 0.29) is 5.82 Å². The van der Waals surface area contributed by atoms with Gasteiger partial charge in [0, 0.05) is 28.7 Å². The summed E-state index contributed by atoms with van der Waals surface area (Å²) in [5.41, 5.74) is 6.18. The van der Waals surface area contributed by atoms with Crippen LogP contribution in [0, 0.1) is 17.1 Å². The molecule has 0 radical (unpaired) electrons. The number of hydrogen-bond acceptors (Lipinski definition) is 3. The lowest BCUT2D eigenvalue weighted by Crippen LogP contribution is -2.05. The van der Waals surface area contributed by atoms with E-state index in [2.05, 4.69) is 16.9 Å². The van der Waals surface area contributed by atoms with E-state index in [4.69, 9.17) is 5.41 Å². The highest BCUT2D eigenvalue weighted by Crippen LogP contribution is 2.44. The number of pyridine rings is 1. The molecule has 1 saturated carbocycles. The molecular formula is C20H18FN3. The monoisotopic (exact) mass is 319 g/mol. The number of benzene rings is 1. The van der Waals surface area contributed by atoms with Crippen molar-refractivity contribution in [3.05, 3.63) is 70.8 Å². The first-order chi connectivity index (χ1) is 11.5. The molecule has 2 N–H and O–H groups in total. The first kappa shape index (κ1) is 14.8. The molecule has 120 valence electrons. The van der Waals surface area contributed by atoms with Crippen LogP contribution in [0.1, 0.15) is 42.0 Å². The molecule has 0 spiro atoms. The lowest BCUT2D eigenvalue weighted by molar-refractivity contribution is 0.628. The van der Waals surface area contributed by atoms with Crippen LogP contribution in [0.3, 0.4) is 0 Å². The molecule has 4 rings (SSSR count). The predicted molar refractivity (Wildman–Crippen MR) is 95.6 cm³/mol. The molecule has 1 aromatic carbocycles. The maximum absolute atomic E-state index is 13.3. The molecule has 1 heterocycles. The van der Waals surface area contributed by atoms with Crippen molar-refractivity contribution < 1.29 is 4.39 Å². The summed E-state index contributed by atoms with van der Waals surface area (Å²) in [6.07, 6.45) is 6.10. The summed E-state index contributed by atoms with van der Waals surface area (Å²) in [5, 5.41) is 11.3. The van der Waals surface area contributed by atoms with Crippen LogP contribution in [0.2, 0.25) is 0 Å². The second-order valence-electron chi connectivity index (χ2n) is 6.45. The van der Waals surface area contributed by atoms with Gasteiger partial charge >= 0.3 is 0 Å². The summed E-state index contributed by atoms with van der Waals surface area (Å²) < 4.78 is 13.3. The average Bonchev–Trinajstić information content (AvgIpc) is 3.44. The summed E-state index contributed by atoms with van der Waals surface area (Å²) in [6.45, 7) is 5.81. The van der Waals surface area contributed by atoms with Crippen molar-refractivity contribution in [3.8, 4) is 0 Å². The van der Waals surface area contributed by atoms with Gasteiger partial charge in [-0.05, 0) is 66.7 Å². The molecule has 0 saturated heterocycles. The third-order valence-corrected chi connectivity index (χ3v) is 4.50. The van der Waals surface area contributed by atoms with Gasteiger partial charge in [-0.2, -0.15) is 0 Å². The van der Waals surface area contributed by atoms with Crippen LogP contribution in [0.25, 0.3) is 11.6 Å². The van der Waals surface area contributed by atoms with Gasteiger partial charge in [-0.25, -0.2) is 9.37 Å². The Balaban J connectivity index is 1.64. The number of hydrogen-bond donors (Lipinski definition) is 2. The zero-order valence-electron chi connectivity index (χ0n) is 13.5. The van der Waals surface area contributed by atoms with Crippen LogP contribution in [0.4, 0.5) is 10.2 Å². The van der Waals surface area contributed by atoms with Crippen molar-refractivity contribution >= 4 is 23.2 Å². The van der Waals surface area contributed by atoms with E-state index in [1.807, 2.05) is 12.1 Å². The second kappa shape index (κ2) is 5.41. The van der Waals surface area contributed by atoms with Crippen molar-refractivity contribution in [1.82, 2.24) is 4.98 Å². The normalized spacial score (nSPS) is 16.7. The first-order valence-electron chi connectivity index (χ1n) is 8.06. The fourth-order valence-corrected chi connectivity index (χ4v) is 2.90. The number of allylic oxidation sites excluding steroid dienone is 1. The smallest absolute Gasteiger partial charge is 0.130 e. The minimum Gasteiger partial charge on any atom is -0.344 e. The van der Waals surface area contributed by atoms with Crippen LogP contribution >= 0.6 is 0 Å². The van der Waals surface area contributed by atoms with Crippen molar-refractivity contribution in [1.29, 1.82) is 5.41 Å². The lowest BCUT2D eigenvalue weighted by atomic mass is 10.1. The van der Waals surface area contributed by atoms with Gasteiger partial charge in [0.15, 0.2) is 0 Å². The zero-order chi connectivity index (χ0) is 16.8. The van der Waals surface area contributed by atoms with Gasteiger partial charge in [-0.15, -0.1) is 0 Å². The third-order valence-electron chi connectivity index (χ3n) is 4.50. The minimum absolute atomic E-state index is 0.225. The molecule has 24 heavy (non-hydrogen) atoms. The van der Waals surface area contributed by atoms with Gasteiger partial charge in [-0.1, -0.05) is 12.6 Å². The molecule has 0 atom stereocenters. The Morgan fingerprint density at radius 3 is 2.79 bits per heavy atom. The third kappa shape index (κ3) is 2.75. The molecule has 1 aromatic heterocycles. The summed E-state index contributed by atoms with van der Waals surface area (Å²) in [6, 6.07) is 6.69. The Kier molecular flexibility index (Phi) is 3.34.